The van der Waals surface area contributed by atoms with Crippen LogP contribution >= 0.6 is 24.0 Å². The van der Waals surface area contributed by atoms with Gasteiger partial charge in [-0.2, -0.15) is 5.10 Å². The van der Waals surface area contributed by atoms with Crippen molar-refractivity contribution < 1.29 is 0 Å². The van der Waals surface area contributed by atoms with Crippen LogP contribution in [0.2, 0.25) is 5.15 Å². The van der Waals surface area contributed by atoms with Crippen molar-refractivity contribution in [2.45, 2.75) is 0 Å². The van der Waals surface area contributed by atoms with E-state index in [0.29, 0.717) is 5.15 Å². The third-order valence-electron chi connectivity index (χ3n) is 1.16. The number of nitrogens with one attached hydrogen (secondary N) is 1. The van der Waals surface area contributed by atoms with Crippen LogP contribution in [0.15, 0.2) is 12.3 Å². The monoisotopic (exact) mass is 190 g/mol. The van der Waals surface area contributed by atoms with E-state index in [1.165, 1.54) is 0 Å². The highest BCUT2D eigenvalue weighted by molar-refractivity contribution is 6.29. The summed E-state index contributed by atoms with van der Waals surface area (Å²) in [5.74, 6) is 0. The molecule has 0 aliphatic heterocycles. The van der Waals surface area contributed by atoms with Crippen molar-refractivity contribution in [3.05, 3.63) is 17.4 Å². The molecule has 0 spiro atoms. The molecule has 1 N–H and O–H groups in total. The Morgan fingerprint density at radius 3 is 3.00 bits per heavy atom. The average Bonchev–Trinajstić information content (AvgIpc) is 2.33. The Kier molecular flexibility index (Phi) is 2.26. The summed E-state index contributed by atoms with van der Waals surface area (Å²) < 4.78 is 0. The van der Waals surface area contributed by atoms with Gasteiger partial charge in [-0.15, -0.1) is 22.6 Å². The molecule has 0 amide bonds. The molecular formula is C5H4Cl2N4. The SMILES string of the molecule is Cl.Clc1cc2[nH]ncc2nn1. The fourth-order valence-electron chi connectivity index (χ4n) is 0.725. The lowest BCUT2D eigenvalue weighted by Gasteiger charge is -1.85. The first-order chi connectivity index (χ1) is 4.86. The van der Waals surface area contributed by atoms with Crippen molar-refractivity contribution in [2.75, 3.05) is 0 Å². The van der Waals surface area contributed by atoms with E-state index in [1.54, 1.807) is 12.3 Å². The van der Waals surface area contributed by atoms with Crippen molar-refractivity contribution in [1.29, 1.82) is 0 Å². The molecule has 0 aliphatic rings. The molecule has 58 valence electrons. The van der Waals surface area contributed by atoms with Crippen LogP contribution in [0.1, 0.15) is 0 Å². The number of aromatic amines is 1. The number of H-pyrrole nitrogens is 1. The molecule has 0 fully saturated rings. The molecule has 2 aromatic rings. The van der Waals surface area contributed by atoms with Gasteiger partial charge in [-0.05, 0) is 0 Å². The Morgan fingerprint density at radius 2 is 2.18 bits per heavy atom. The lowest BCUT2D eigenvalue weighted by molar-refractivity contribution is 1.08. The van der Waals surface area contributed by atoms with Gasteiger partial charge in [0.1, 0.15) is 5.52 Å². The Balaban J connectivity index is 0.000000605. The quantitative estimate of drug-likeness (QED) is 0.685. The van der Waals surface area contributed by atoms with Gasteiger partial charge in [0, 0.05) is 6.07 Å². The van der Waals surface area contributed by atoms with Crippen molar-refractivity contribution in [1.82, 2.24) is 20.4 Å². The largest absolute Gasteiger partial charge is 0.276 e. The van der Waals surface area contributed by atoms with Gasteiger partial charge in [0.05, 0.1) is 11.7 Å². The van der Waals surface area contributed by atoms with Gasteiger partial charge >= 0.3 is 0 Å². The number of hydrogen-bond acceptors (Lipinski definition) is 3. The highest BCUT2D eigenvalue weighted by Gasteiger charge is 1.96. The van der Waals surface area contributed by atoms with Crippen LogP contribution in [0, 0.1) is 0 Å². The van der Waals surface area contributed by atoms with Gasteiger partial charge in [-0.3, -0.25) is 5.10 Å². The maximum atomic E-state index is 5.55. The van der Waals surface area contributed by atoms with Gasteiger partial charge < -0.3 is 0 Å². The number of fused-ring (bicyclic) bond motifs is 1. The van der Waals surface area contributed by atoms with Crippen LogP contribution in [-0.2, 0) is 0 Å². The van der Waals surface area contributed by atoms with E-state index in [-0.39, 0.29) is 12.4 Å². The Morgan fingerprint density at radius 1 is 1.36 bits per heavy atom. The minimum Gasteiger partial charge on any atom is -0.276 e. The predicted molar refractivity (Wildman–Crippen MR) is 43.9 cm³/mol. The highest BCUT2D eigenvalue weighted by Crippen LogP contribution is 2.09. The molecule has 0 saturated carbocycles. The highest BCUT2D eigenvalue weighted by atomic mass is 35.5. The number of aromatic nitrogens is 4. The van der Waals surface area contributed by atoms with Crippen molar-refractivity contribution in [2.24, 2.45) is 0 Å². The predicted octanol–water partition coefficient (Wildman–Crippen LogP) is 1.43. The summed E-state index contributed by atoms with van der Waals surface area (Å²) in [7, 11) is 0. The van der Waals surface area contributed by atoms with Crippen molar-refractivity contribution in [3.8, 4) is 0 Å². The molecule has 6 heteroatoms. The van der Waals surface area contributed by atoms with Gasteiger partial charge in [0.25, 0.3) is 0 Å². The van der Waals surface area contributed by atoms with Crippen molar-refractivity contribution >= 4 is 35.0 Å². The van der Waals surface area contributed by atoms with E-state index in [0.717, 1.165) is 11.0 Å². The molecule has 4 nitrogen and oxygen atoms in total. The second-order valence-electron chi connectivity index (χ2n) is 1.84. The standard InChI is InChI=1S/C5H3ClN4.ClH/c6-5-1-3-4(9-10-5)2-7-8-3;/h1-2H,(H,7,8);1H. The lowest BCUT2D eigenvalue weighted by atomic mass is 10.4. The maximum absolute atomic E-state index is 5.55. The summed E-state index contributed by atoms with van der Waals surface area (Å²) in [6.45, 7) is 0. The van der Waals surface area contributed by atoms with Crippen molar-refractivity contribution in [3.63, 3.8) is 0 Å². The van der Waals surface area contributed by atoms with Crippen LogP contribution < -0.4 is 0 Å². The summed E-state index contributed by atoms with van der Waals surface area (Å²) in [5, 5.41) is 14.3. The number of rotatable bonds is 0. The number of hydrogen-bond donors (Lipinski definition) is 1. The summed E-state index contributed by atoms with van der Waals surface area (Å²) in [5.41, 5.74) is 1.53. The van der Waals surface area contributed by atoms with E-state index in [9.17, 15) is 0 Å². The zero-order valence-electron chi connectivity index (χ0n) is 5.28. The van der Waals surface area contributed by atoms with E-state index >= 15 is 0 Å². The zero-order valence-corrected chi connectivity index (χ0v) is 6.85. The van der Waals surface area contributed by atoms with Crippen LogP contribution in [0.4, 0.5) is 0 Å². The molecule has 0 bridgehead atoms. The first kappa shape index (κ1) is 8.23. The number of halogens is 2. The summed E-state index contributed by atoms with van der Waals surface area (Å²) in [6.07, 6.45) is 1.60. The summed E-state index contributed by atoms with van der Waals surface area (Å²) >= 11 is 5.55. The molecule has 11 heavy (non-hydrogen) atoms. The normalized spacial score (nSPS) is 9.55. The van der Waals surface area contributed by atoms with Crippen LogP contribution in [-0.4, -0.2) is 20.4 Å². The summed E-state index contributed by atoms with van der Waals surface area (Å²) in [6, 6.07) is 1.68. The van der Waals surface area contributed by atoms with E-state index in [4.69, 9.17) is 11.6 Å². The Labute approximate surface area is 73.4 Å². The summed E-state index contributed by atoms with van der Waals surface area (Å²) in [4.78, 5) is 0. The molecule has 0 radical (unpaired) electrons. The van der Waals surface area contributed by atoms with Crippen LogP contribution in [0.25, 0.3) is 11.0 Å². The smallest absolute Gasteiger partial charge is 0.153 e. The van der Waals surface area contributed by atoms with Gasteiger partial charge in [0.2, 0.25) is 0 Å². The molecule has 0 aromatic carbocycles. The fraction of sp³-hybridized carbons (Fsp3) is 0. The first-order valence-corrected chi connectivity index (χ1v) is 3.06. The molecular weight excluding hydrogens is 187 g/mol. The Bertz CT molecular complexity index is 358. The van der Waals surface area contributed by atoms with E-state index in [1.807, 2.05) is 0 Å². The Hall–Kier alpha value is -0.870. The minimum absolute atomic E-state index is 0. The topological polar surface area (TPSA) is 54.5 Å². The first-order valence-electron chi connectivity index (χ1n) is 2.68. The second kappa shape index (κ2) is 3.02. The lowest BCUT2D eigenvalue weighted by Crippen LogP contribution is -1.80. The molecule has 2 heterocycles. The zero-order chi connectivity index (χ0) is 6.97. The van der Waals surface area contributed by atoms with Crippen LogP contribution in [0.5, 0.6) is 0 Å². The van der Waals surface area contributed by atoms with Crippen LogP contribution in [0.3, 0.4) is 0 Å². The molecule has 0 atom stereocenters. The average molecular weight is 191 g/mol. The van der Waals surface area contributed by atoms with Gasteiger partial charge in [-0.1, -0.05) is 11.6 Å². The molecule has 2 aromatic heterocycles. The third-order valence-corrected chi connectivity index (χ3v) is 1.35. The number of nitrogens with zero attached hydrogens (tertiary/aromatic N) is 3. The third kappa shape index (κ3) is 1.41. The molecule has 0 unspecified atom stereocenters. The van der Waals surface area contributed by atoms with E-state index < -0.39 is 0 Å². The van der Waals surface area contributed by atoms with Gasteiger partial charge in [0.15, 0.2) is 5.15 Å². The molecule has 0 saturated heterocycles. The molecule has 0 aliphatic carbocycles. The van der Waals surface area contributed by atoms with Gasteiger partial charge in [-0.25, -0.2) is 0 Å². The minimum atomic E-state index is 0. The molecule has 2 rings (SSSR count). The second-order valence-corrected chi connectivity index (χ2v) is 2.22. The van der Waals surface area contributed by atoms with E-state index in [2.05, 4.69) is 20.4 Å². The maximum Gasteiger partial charge on any atom is 0.153 e. The fourth-order valence-corrected chi connectivity index (χ4v) is 0.872.